The van der Waals surface area contributed by atoms with Crippen LogP contribution in [0, 0.1) is 13.8 Å². The number of anilines is 4. The average molecular weight is 349 g/mol. The van der Waals surface area contributed by atoms with E-state index >= 15 is 0 Å². The summed E-state index contributed by atoms with van der Waals surface area (Å²) in [4.78, 5) is 4.48. The molecule has 0 aliphatic rings. The number of aryl methyl sites for hydroxylation is 1. The summed E-state index contributed by atoms with van der Waals surface area (Å²) < 4.78 is 5.64. The Balaban J connectivity index is 1.72. The van der Waals surface area contributed by atoms with Crippen LogP contribution in [0.2, 0.25) is 0 Å². The van der Waals surface area contributed by atoms with Gasteiger partial charge in [-0.1, -0.05) is 12.1 Å². The molecule has 26 heavy (non-hydrogen) atoms. The fraction of sp³-hybridized carbons (Fsp3) is 0.250. The van der Waals surface area contributed by atoms with Crippen molar-refractivity contribution in [1.29, 1.82) is 0 Å². The molecule has 0 atom stereocenters. The highest BCUT2D eigenvalue weighted by molar-refractivity contribution is 5.63. The quantitative estimate of drug-likeness (QED) is 0.668. The smallest absolute Gasteiger partial charge is 0.249 e. The second-order valence-electron chi connectivity index (χ2n) is 6.35. The lowest BCUT2D eigenvalue weighted by atomic mass is 10.1. The molecule has 0 bridgehead atoms. The molecule has 6 nitrogen and oxygen atoms in total. The number of ether oxygens (including phenoxy) is 1. The van der Waals surface area contributed by atoms with Crippen molar-refractivity contribution in [2.45, 2.75) is 33.8 Å². The molecule has 0 fully saturated rings. The van der Waals surface area contributed by atoms with E-state index in [0.29, 0.717) is 11.8 Å². The van der Waals surface area contributed by atoms with Crippen LogP contribution in [0.25, 0.3) is 0 Å². The second kappa shape index (κ2) is 7.82. The molecule has 0 aliphatic carbocycles. The average Bonchev–Trinajstić information content (AvgIpc) is 2.61. The van der Waals surface area contributed by atoms with Crippen LogP contribution in [0.4, 0.5) is 23.1 Å². The number of aromatic nitrogens is 3. The van der Waals surface area contributed by atoms with E-state index in [-0.39, 0.29) is 6.10 Å². The van der Waals surface area contributed by atoms with E-state index in [9.17, 15) is 0 Å². The van der Waals surface area contributed by atoms with Gasteiger partial charge in [-0.05, 0) is 69.2 Å². The lowest BCUT2D eigenvalue weighted by molar-refractivity contribution is 0.242. The molecule has 0 amide bonds. The minimum Gasteiger partial charge on any atom is -0.491 e. The first-order chi connectivity index (χ1) is 12.5. The number of benzene rings is 2. The summed E-state index contributed by atoms with van der Waals surface area (Å²) in [7, 11) is 0. The van der Waals surface area contributed by atoms with Gasteiger partial charge in [-0.3, -0.25) is 0 Å². The number of hydrogen-bond acceptors (Lipinski definition) is 6. The highest BCUT2D eigenvalue weighted by Crippen LogP contribution is 2.23. The van der Waals surface area contributed by atoms with E-state index in [4.69, 9.17) is 4.74 Å². The fourth-order valence-electron chi connectivity index (χ4n) is 2.46. The Hall–Kier alpha value is -3.15. The van der Waals surface area contributed by atoms with Crippen molar-refractivity contribution in [2.24, 2.45) is 0 Å². The first-order valence-corrected chi connectivity index (χ1v) is 8.58. The molecule has 3 aromatic rings. The normalized spacial score (nSPS) is 10.7. The molecule has 2 aromatic carbocycles. The molecule has 3 rings (SSSR count). The van der Waals surface area contributed by atoms with Crippen molar-refractivity contribution in [3.63, 3.8) is 0 Å². The first-order valence-electron chi connectivity index (χ1n) is 8.58. The van der Waals surface area contributed by atoms with Crippen LogP contribution in [-0.4, -0.2) is 21.3 Å². The SMILES string of the molecule is Cc1cccc(Nc2cnnc(Nc3ccc(OC(C)C)cc3)n2)c1C. The highest BCUT2D eigenvalue weighted by Gasteiger charge is 2.05. The molecular weight excluding hydrogens is 326 g/mol. The zero-order valence-corrected chi connectivity index (χ0v) is 15.4. The summed E-state index contributed by atoms with van der Waals surface area (Å²) in [6.07, 6.45) is 1.75. The summed E-state index contributed by atoms with van der Waals surface area (Å²) in [5.41, 5.74) is 4.28. The molecule has 0 saturated heterocycles. The van der Waals surface area contributed by atoms with Crippen LogP contribution < -0.4 is 15.4 Å². The Labute approximate surface area is 153 Å². The third kappa shape index (κ3) is 4.47. The van der Waals surface area contributed by atoms with Gasteiger partial charge >= 0.3 is 0 Å². The van der Waals surface area contributed by atoms with E-state index in [2.05, 4.69) is 45.7 Å². The molecule has 0 aliphatic heterocycles. The Morgan fingerprint density at radius 3 is 2.46 bits per heavy atom. The van der Waals surface area contributed by atoms with Crippen molar-refractivity contribution in [1.82, 2.24) is 15.2 Å². The van der Waals surface area contributed by atoms with E-state index in [1.54, 1.807) is 6.20 Å². The van der Waals surface area contributed by atoms with Crippen molar-refractivity contribution in [2.75, 3.05) is 10.6 Å². The minimum atomic E-state index is 0.147. The number of nitrogens with one attached hydrogen (secondary N) is 2. The van der Waals surface area contributed by atoms with Crippen LogP contribution in [0.15, 0.2) is 48.7 Å². The summed E-state index contributed by atoms with van der Waals surface area (Å²) in [6, 6.07) is 13.8. The maximum absolute atomic E-state index is 5.64. The predicted molar refractivity (Wildman–Crippen MR) is 105 cm³/mol. The Kier molecular flexibility index (Phi) is 5.31. The first kappa shape index (κ1) is 17.7. The maximum Gasteiger partial charge on any atom is 0.249 e. The molecular formula is C20H23N5O. The third-order valence-corrected chi connectivity index (χ3v) is 3.91. The van der Waals surface area contributed by atoms with Crippen molar-refractivity contribution < 1.29 is 4.74 Å². The van der Waals surface area contributed by atoms with Gasteiger partial charge in [-0.15, -0.1) is 5.10 Å². The van der Waals surface area contributed by atoms with Crippen molar-refractivity contribution >= 4 is 23.1 Å². The van der Waals surface area contributed by atoms with Crippen LogP contribution >= 0.6 is 0 Å². The second-order valence-corrected chi connectivity index (χ2v) is 6.35. The largest absolute Gasteiger partial charge is 0.491 e. The molecule has 0 saturated carbocycles. The lowest BCUT2D eigenvalue weighted by Crippen LogP contribution is -2.05. The van der Waals surface area contributed by atoms with Gasteiger partial charge in [0.15, 0.2) is 5.82 Å². The number of nitrogens with zero attached hydrogens (tertiary/aromatic N) is 3. The van der Waals surface area contributed by atoms with Gasteiger partial charge in [-0.2, -0.15) is 10.1 Å². The Morgan fingerprint density at radius 1 is 0.962 bits per heavy atom. The van der Waals surface area contributed by atoms with Crippen LogP contribution in [0.1, 0.15) is 25.0 Å². The van der Waals surface area contributed by atoms with Crippen molar-refractivity contribution in [3.05, 3.63) is 59.8 Å². The summed E-state index contributed by atoms with van der Waals surface area (Å²) in [5, 5.41) is 14.5. The molecule has 0 spiro atoms. The monoisotopic (exact) mass is 349 g/mol. The minimum absolute atomic E-state index is 0.147. The lowest BCUT2D eigenvalue weighted by Gasteiger charge is -2.12. The van der Waals surface area contributed by atoms with Gasteiger partial charge in [0.25, 0.3) is 0 Å². The van der Waals surface area contributed by atoms with E-state index in [0.717, 1.165) is 17.1 Å². The van der Waals surface area contributed by atoms with Gasteiger partial charge in [0.2, 0.25) is 5.95 Å². The molecule has 0 unspecified atom stereocenters. The van der Waals surface area contributed by atoms with Crippen LogP contribution in [-0.2, 0) is 0 Å². The molecule has 0 radical (unpaired) electrons. The summed E-state index contributed by atoms with van der Waals surface area (Å²) in [5.74, 6) is 1.89. The van der Waals surface area contributed by atoms with Gasteiger partial charge in [0.05, 0.1) is 12.3 Å². The zero-order valence-electron chi connectivity index (χ0n) is 15.4. The van der Waals surface area contributed by atoms with Crippen molar-refractivity contribution in [3.8, 4) is 5.75 Å². The summed E-state index contributed by atoms with van der Waals surface area (Å²) in [6.45, 7) is 8.16. The number of hydrogen-bond donors (Lipinski definition) is 2. The molecule has 1 aromatic heterocycles. The fourth-order valence-corrected chi connectivity index (χ4v) is 2.46. The predicted octanol–water partition coefficient (Wildman–Crippen LogP) is 4.76. The molecule has 6 heteroatoms. The van der Waals surface area contributed by atoms with Crippen LogP contribution in [0.5, 0.6) is 5.75 Å². The standard InChI is InChI=1S/C20H23N5O/c1-13(2)26-17-10-8-16(9-11-17)22-20-24-19(12-21-25-20)23-18-7-5-6-14(3)15(18)4/h5-13H,1-4H3,(H2,22,23,24,25). The van der Waals surface area contributed by atoms with Crippen LogP contribution in [0.3, 0.4) is 0 Å². The van der Waals surface area contributed by atoms with Gasteiger partial charge in [0.1, 0.15) is 5.75 Å². The molecule has 1 heterocycles. The number of rotatable bonds is 6. The van der Waals surface area contributed by atoms with E-state index in [1.165, 1.54) is 11.1 Å². The van der Waals surface area contributed by atoms with Gasteiger partial charge in [-0.25, -0.2) is 0 Å². The summed E-state index contributed by atoms with van der Waals surface area (Å²) >= 11 is 0. The van der Waals surface area contributed by atoms with Gasteiger partial charge < -0.3 is 15.4 Å². The van der Waals surface area contributed by atoms with E-state index < -0.39 is 0 Å². The van der Waals surface area contributed by atoms with E-state index in [1.807, 2.05) is 50.2 Å². The Bertz CT molecular complexity index is 878. The van der Waals surface area contributed by atoms with Gasteiger partial charge in [0, 0.05) is 11.4 Å². The molecule has 134 valence electrons. The molecule has 2 N–H and O–H groups in total. The Morgan fingerprint density at radius 2 is 1.73 bits per heavy atom. The third-order valence-electron chi connectivity index (χ3n) is 3.91. The maximum atomic E-state index is 5.64. The zero-order chi connectivity index (χ0) is 18.5. The topological polar surface area (TPSA) is 72.0 Å². The highest BCUT2D eigenvalue weighted by atomic mass is 16.5.